The van der Waals surface area contributed by atoms with Crippen LogP contribution in [0, 0.1) is 0 Å². The molecule has 0 aliphatic carbocycles. The van der Waals surface area contributed by atoms with Crippen molar-refractivity contribution in [1.82, 2.24) is 0 Å². The lowest BCUT2D eigenvalue weighted by atomic mass is 10.0. The lowest BCUT2D eigenvalue weighted by Gasteiger charge is -2.22. The van der Waals surface area contributed by atoms with E-state index in [0.717, 1.165) is 11.3 Å². The first-order valence-electron chi connectivity index (χ1n) is 8.31. The fourth-order valence-corrected chi connectivity index (χ4v) is 2.90. The second-order valence-corrected chi connectivity index (χ2v) is 6.57. The molecule has 2 amide bonds. The zero-order valence-electron chi connectivity index (χ0n) is 14.8. The van der Waals surface area contributed by atoms with E-state index < -0.39 is 0 Å². The number of nitrogens with zero attached hydrogens (tertiary/aromatic N) is 1. The normalized spacial score (nSPS) is 10.6. The van der Waals surface area contributed by atoms with Crippen molar-refractivity contribution < 1.29 is 9.59 Å². The summed E-state index contributed by atoms with van der Waals surface area (Å²) in [4.78, 5) is 25.8. The third-order valence-corrected chi connectivity index (χ3v) is 4.26. The summed E-state index contributed by atoms with van der Waals surface area (Å²) in [6.07, 6.45) is 0.192. The predicted octanol–water partition coefficient (Wildman–Crippen LogP) is 4.85. The van der Waals surface area contributed by atoms with Crippen molar-refractivity contribution in [1.29, 1.82) is 0 Å². The van der Waals surface area contributed by atoms with E-state index in [4.69, 9.17) is 11.6 Å². The molecule has 0 aromatic heterocycles. The van der Waals surface area contributed by atoms with Gasteiger partial charge < -0.3 is 10.2 Å². The van der Waals surface area contributed by atoms with Crippen LogP contribution in [0.15, 0.2) is 48.5 Å². The second-order valence-electron chi connectivity index (χ2n) is 6.16. The Morgan fingerprint density at radius 2 is 1.72 bits per heavy atom. The predicted molar refractivity (Wildman–Crippen MR) is 103 cm³/mol. The third kappa shape index (κ3) is 5.07. The molecular formula is C20H23ClN2O2. The standard InChI is InChI=1S/C20H23ClN2O2/c1-14(2)16-8-4-6-10-18(16)22-20(25)12-13-23(15(3)24)19-11-7-5-9-17(19)21/h4-11,14H,12-13H2,1-3H3,(H,22,25). The SMILES string of the molecule is CC(=O)N(CCC(=O)Nc1ccccc1C(C)C)c1ccccc1Cl. The Morgan fingerprint density at radius 3 is 2.36 bits per heavy atom. The smallest absolute Gasteiger partial charge is 0.226 e. The molecule has 1 N–H and O–H groups in total. The van der Waals surface area contributed by atoms with Crippen molar-refractivity contribution in [3.8, 4) is 0 Å². The molecule has 25 heavy (non-hydrogen) atoms. The number of carbonyl (C=O) groups excluding carboxylic acids is 2. The van der Waals surface area contributed by atoms with Crippen molar-refractivity contribution in [2.75, 3.05) is 16.8 Å². The molecule has 0 heterocycles. The van der Waals surface area contributed by atoms with Crippen LogP contribution in [0.4, 0.5) is 11.4 Å². The van der Waals surface area contributed by atoms with Gasteiger partial charge in [-0.25, -0.2) is 0 Å². The van der Waals surface area contributed by atoms with Crippen LogP contribution in [-0.4, -0.2) is 18.4 Å². The number of nitrogens with one attached hydrogen (secondary N) is 1. The highest BCUT2D eigenvalue weighted by atomic mass is 35.5. The van der Waals surface area contributed by atoms with E-state index in [2.05, 4.69) is 19.2 Å². The number of benzene rings is 2. The second kappa shape index (κ2) is 8.67. The van der Waals surface area contributed by atoms with E-state index in [-0.39, 0.29) is 24.8 Å². The summed E-state index contributed by atoms with van der Waals surface area (Å²) in [5.74, 6) is 0.0308. The highest BCUT2D eigenvalue weighted by Crippen LogP contribution is 2.26. The summed E-state index contributed by atoms with van der Waals surface area (Å²) in [5.41, 5.74) is 2.52. The molecule has 0 saturated carbocycles. The molecule has 0 radical (unpaired) electrons. The van der Waals surface area contributed by atoms with Crippen LogP contribution >= 0.6 is 11.6 Å². The molecule has 0 saturated heterocycles. The number of amides is 2. The van der Waals surface area contributed by atoms with Crippen LogP contribution in [0.2, 0.25) is 5.02 Å². The first-order valence-corrected chi connectivity index (χ1v) is 8.69. The number of hydrogen-bond acceptors (Lipinski definition) is 2. The summed E-state index contributed by atoms with van der Waals surface area (Å²) in [7, 11) is 0. The molecule has 5 heteroatoms. The van der Waals surface area contributed by atoms with Crippen LogP contribution < -0.4 is 10.2 Å². The number of hydrogen-bond donors (Lipinski definition) is 1. The maximum Gasteiger partial charge on any atom is 0.226 e. The Bertz CT molecular complexity index is 759. The third-order valence-electron chi connectivity index (χ3n) is 3.94. The summed E-state index contributed by atoms with van der Waals surface area (Å²) in [5, 5.41) is 3.43. The van der Waals surface area contributed by atoms with E-state index >= 15 is 0 Å². The number of carbonyl (C=O) groups is 2. The summed E-state index contributed by atoms with van der Waals surface area (Å²) in [6, 6.07) is 14.9. The maximum atomic E-state index is 12.3. The van der Waals surface area contributed by atoms with Gasteiger partial charge in [0.2, 0.25) is 11.8 Å². The lowest BCUT2D eigenvalue weighted by Crippen LogP contribution is -2.32. The Hall–Kier alpha value is -2.33. The molecule has 0 spiro atoms. The molecule has 132 valence electrons. The Balaban J connectivity index is 2.05. The van der Waals surface area contributed by atoms with Crippen molar-refractivity contribution in [2.24, 2.45) is 0 Å². The van der Waals surface area contributed by atoms with Crippen LogP contribution in [0.5, 0.6) is 0 Å². The van der Waals surface area contributed by atoms with Crippen LogP contribution in [0.3, 0.4) is 0 Å². The van der Waals surface area contributed by atoms with Gasteiger partial charge in [0.15, 0.2) is 0 Å². The topological polar surface area (TPSA) is 49.4 Å². The van der Waals surface area contributed by atoms with Crippen molar-refractivity contribution in [3.05, 3.63) is 59.1 Å². The molecular weight excluding hydrogens is 336 g/mol. The van der Waals surface area contributed by atoms with Crippen molar-refractivity contribution in [3.63, 3.8) is 0 Å². The first-order chi connectivity index (χ1) is 11.9. The van der Waals surface area contributed by atoms with E-state index in [1.165, 1.54) is 11.8 Å². The molecule has 0 bridgehead atoms. The number of halogens is 1. The quantitative estimate of drug-likeness (QED) is 0.802. The average molecular weight is 359 g/mol. The minimum Gasteiger partial charge on any atom is -0.326 e. The van der Waals surface area contributed by atoms with E-state index in [1.807, 2.05) is 30.3 Å². The lowest BCUT2D eigenvalue weighted by molar-refractivity contribution is -0.117. The molecule has 4 nitrogen and oxygen atoms in total. The van der Waals surface area contributed by atoms with Gasteiger partial charge in [-0.05, 0) is 29.7 Å². The zero-order valence-corrected chi connectivity index (χ0v) is 15.5. The average Bonchev–Trinajstić information content (AvgIpc) is 2.56. The van der Waals surface area contributed by atoms with Gasteiger partial charge in [-0.2, -0.15) is 0 Å². The summed E-state index contributed by atoms with van der Waals surface area (Å²) < 4.78 is 0. The monoisotopic (exact) mass is 358 g/mol. The largest absolute Gasteiger partial charge is 0.326 e. The van der Waals surface area contributed by atoms with Gasteiger partial charge in [0.05, 0.1) is 10.7 Å². The molecule has 2 rings (SSSR count). The zero-order chi connectivity index (χ0) is 18.4. The van der Waals surface area contributed by atoms with Gasteiger partial charge in [0.25, 0.3) is 0 Å². The Morgan fingerprint density at radius 1 is 1.08 bits per heavy atom. The van der Waals surface area contributed by atoms with Crippen LogP contribution in [0.1, 0.15) is 38.7 Å². The fraction of sp³-hybridized carbons (Fsp3) is 0.300. The maximum absolute atomic E-state index is 12.3. The van der Waals surface area contributed by atoms with Crippen LogP contribution in [0.25, 0.3) is 0 Å². The number of rotatable bonds is 6. The number of anilines is 2. The van der Waals surface area contributed by atoms with Gasteiger partial charge in [-0.1, -0.05) is 55.8 Å². The van der Waals surface area contributed by atoms with Gasteiger partial charge in [0, 0.05) is 25.6 Å². The van der Waals surface area contributed by atoms with Crippen LogP contribution in [-0.2, 0) is 9.59 Å². The highest BCUT2D eigenvalue weighted by Gasteiger charge is 2.16. The fourth-order valence-electron chi connectivity index (χ4n) is 2.66. The number of para-hydroxylation sites is 2. The molecule has 2 aromatic carbocycles. The molecule has 0 unspecified atom stereocenters. The van der Waals surface area contributed by atoms with Gasteiger partial charge >= 0.3 is 0 Å². The summed E-state index contributed by atoms with van der Waals surface area (Å²) in [6.45, 7) is 5.91. The van der Waals surface area contributed by atoms with Gasteiger partial charge in [-0.15, -0.1) is 0 Å². The van der Waals surface area contributed by atoms with E-state index in [0.29, 0.717) is 16.6 Å². The van der Waals surface area contributed by atoms with Crippen molar-refractivity contribution in [2.45, 2.75) is 33.1 Å². The highest BCUT2D eigenvalue weighted by molar-refractivity contribution is 6.33. The first kappa shape index (κ1) is 19.0. The molecule has 0 fully saturated rings. The Kier molecular flexibility index (Phi) is 6.59. The Labute approximate surface area is 153 Å². The molecule has 0 atom stereocenters. The minimum absolute atomic E-state index is 0.133. The van der Waals surface area contributed by atoms with E-state index in [1.54, 1.807) is 18.2 Å². The van der Waals surface area contributed by atoms with E-state index in [9.17, 15) is 9.59 Å². The molecule has 0 aliphatic rings. The summed E-state index contributed by atoms with van der Waals surface area (Å²) >= 11 is 6.17. The molecule has 2 aromatic rings. The minimum atomic E-state index is -0.150. The molecule has 0 aliphatic heterocycles. The van der Waals surface area contributed by atoms with Crippen molar-refractivity contribution >= 4 is 34.8 Å². The van der Waals surface area contributed by atoms with Gasteiger partial charge in [0.1, 0.15) is 0 Å². The van der Waals surface area contributed by atoms with Gasteiger partial charge in [-0.3, -0.25) is 9.59 Å².